The van der Waals surface area contributed by atoms with Crippen LogP contribution in [0.15, 0.2) is 6.07 Å². The maximum Gasteiger partial charge on any atom is 0.328 e. The molecule has 2 fully saturated rings. The SMILES string of the molecule is C[C@@H](C(=O)O)n1nc(C2CC2)cc1C1CC1. The van der Waals surface area contributed by atoms with Crippen LogP contribution >= 0.6 is 0 Å². The summed E-state index contributed by atoms with van der Waals surface area (Å²) in [7, 11) is 0. The van der Waals surface area contributed by atoms with E-state index in [9.17, 15) is 4.79 Å². The Labute approximate surface area is 94.3 Å². The smallest absolute Gasteiger partial charge is 0.328 e. The first-order valence-electron chi connectivity index (χ1n) is 5.99. The predicted octanol–water partition coefficient (Wildman–Crippen LogP) is 2.28. The van der Waals surface area contributed by atoms with Gasteiger partial charge >= 0.3 is 5.97 Å². The van der Waals surface area contributed by atoms with E-state index in [0.717, 1.165) is 11.4 Å². The molecule has 1 heterocycles. The molecule has 0 saturated heterocycles. The summed E-state index contributed by atoms with van der Waals surface area (Å²) >= 11 is 0. The first kappa shape index (κ1) is 9.87. The van der Waals surface area contributed by atoms with Gasteiger partial charge < -0.3 is 5.11 Å². The normalized spacial score (nSPS) is 22.1. The number of carbonyl (C=O) groups is 1. The summed E-state index contributed by atoms with van der Waals surface area (Å²) in [6.07, 6.45) is 4.79. The quantitative estimate of drug-likeness (QED) is 0.846. The van der Waals surface area contributed by atoms with E-state index in [4.69, 9.17) is 5.11 Å². The van der Waals surface area contributed by atoms with Crippen LogP contribution in [0.5, 0.6) is 0 Å². The van der Waals surface area contributed by atoms with Crippen LogP contribution in [0.2, 0.25) is 0 Å². The van der Waals surface area contributed by atoms with Crippen LogP contribution in [0.3, 0.4) is 0 Å². The summed E-state index contributed by atoms with van der Waals surface area (Å²) < 4.78 is 1.73. The first-order chi connectivity index (χ1) is 7.66. The Balaban J connectivity index is 1.96. The van der Waals surface area contributed by atoms with E-state index in [-0.39, 0.29) is 0 Å². The Morgan fingerprint density at radius 1 is 1.44 bits per heavy atom. The van der Waals surface area contributed by atoms with E-state index >= 15 is 0 Å². The van der Waals surface area contributed by atoms with Crippen molar-refractivity contribution in [1.29, 1.82) is 0 Å². The molecule has 1 N–H and O–H groups in total. The molecule has 0 unspecified atom stereocenters. The second-order valence-electron chi connectivity index (χ2n) is 5.00. The highest BCUT2D eigenvalue weighted by Gasteiger charge is 2.34. The zero-order valence-electron chi connectivity index (χ0n) is 9.39. The van der Waals surface area contributed by atoms with Gasteiger partial charge in [0.2, 0.25) is 0 Å². The highest BCUT2D eigenvalue weighted by atomic mass is 16.4. The Bertz CT molecular complexity index is 430. The molecule has 0 aliphatic heterocycles. The van der Waals surface area contributed by atoms with Crippen molar-refractivity contribution in [2.75, 3.05) is 0 Å². The third-order valence-electron chi connectivity index (χ3n) is 3.50. The van der Waals surface area contributed by atoms with Gasteiger partial charge in [-0.05, 0) is 38.7 Å². The van der Waals surface area contributed by atoms with E-state index in [1.54, 1.807) is 11.6 Å². The molecular formula is C12H16N2O2. The molecule has 3 rings (SSSR count). The summed E-state index contributed by atoms with van der Waals surface area (Å²) in [6, 6.07) is 1.59. The Hall–Kier alpha value is -1.32. The van der Waals surface area contributed by atoms with Gasteiger partial charge in [0.1, 0.15) is 6.04 Å². The molecule has 2 aliphatic rings. The summed E-state index contributed by atoms with van der Waals surface area (Å²) in [5.74, 6) is 0.355. The van der Waals surface area contributed by atoms with Crippen LogP contribution < -0.4 is 0 Å². The summed E-state index contributed by atoms with van der Waals surface area (Å²) in [4.78, 5) is 11.0. The molecule has 4 heteroatoms. The van der Waals surface area contributed by atoms with Gasteiger partial charge in [0.05, 0.1) is 5.69 Å². The average molecular weight is 220 g/mol. The molecule has 1 aromatic heterocycles. The maximum atomic E-state index is 11.0. The number of hydrogen-bond acceptors (Lipinski definition) is 2. The fourth-order valence-corrected chi connectivity index (χ4v) is 2.11. The third-order valence-corrected chi connectivity index (χ3v) is 3.50. The van der Waals surface area contributed by atoms with Crippen molar-refractivity contribution in [3.63, 3.8) is 0 Å². The number of rotatable bonds is 4. The molecule has 0 bridgehead atoms. The molecule has 16 heavy (non-hydrogen) atoms. The van der Waals surface area contributed by atoms with Crippen molar-refractivity contribution in [3.8, 4) is 0 Å². The number of aromatic nitrogens is 2. The van der Waals surface area contributed by atoms with Gasteiger partial charge in [0.15, 0.2) is 0 Å². The number of carboxylic acid groups (broad SMARTS) is 1. The lowest BCUT2D eigenvalue weighted by molar-refractivity contribution is -0.140. The number of carboxylic acids is 1. The van der Waals surface area contributed by atoms with Crippen molar-refractivity contribution < 1.29 is 9.90 Å². The maximum absolute atomic E-state index is 11.0. The molecule has 1 atom stereocenters. The van der Waals surface area contributed by atoms with Crippen LogP contribution in [-0.4, -0.2) is 20.9 Å². The summed E-state index contributed by atoms with van der Waals surface area (Å²) in [6.45, 7) is 1.71. The Morgan fingerprint density at radius 2 is 2.06 bits per heavy atom. The van der Waals surface area contributed by atoms with Crippen molar-refractivity contribution >= 4 is 5.97 Å². The molecule has 86 valence electrons. The van der Waals surface area contributed by atoms with Crippen molar-refractivity contribution in [2.24, 2.45) is 0 Å². The van der Waals surface area contributed by atoms with E-state index in [1.165, 1.54) is 25.7 Å². The van der Waals surface area contributed by atoms with Crippen LogP contribution in [0, 0.1) is 0 Å². The minimum Gasteiger partial charge on any atom is -0.480 e. The minimum atomic E-state index is -0.799. The van der Waals surface area contributed by atoms with E-state index in [1.807, 2.05) is 0 Å². The van der Waals surface area contributed by atoms with Crippen LogP contribution in [0.1, 0.15) is 61.9 Å². The monoisotopic (exact) mass is 220 g/mol. The average Bonchev–Trinajstić information content (AvgIpc) is 3.14. The van der Waals surface area contributed by atoms with Crippen molar-refractivity contribution in [1.82, 2.24) is 9.78 Å². The van der Waals surface area contributed by atoms with Gasteiger partial charge in [-0.15, -0.1) is 0 Å². The second kappa shape index (κ2) is 3.34. The fourth-order valence-electron chi connectivity index (χ4n) is 2.11. The van der Waals surface area contributed by atoms with Gasteiger partial charge in [0.25, 0.3) is 0 Å². The number of hydrogen-bond donors (Lipinski definition) is 1. The standard InChI is InChI=1S/C12H16N2O2/c1-7(12(15)16)14-11(9-4-5-9)6-10(13-14)8-2-3-8/h6-9H,2-5H2,1H3,(H,15,16)/t7-/m0/s1. The lowest BCUT2D eigenvalue weighted by Gasteiger charge is -2.10. The Kier molecular flexibility index (Phi) is 2.06. The summed E-state index contributed by atoms with van der Waals surface area (Å²) in [5.41, 5.74) is 2.24. The molecule has 0 aromatic carbocycles. The minimum absolute atomic E-state index is 0.539. The largest absolute Gasteiger partial charge is 0.480 e. The molecule has 2 saturated carbocycles. The third kappa shape index (κ3) is 1.62. The molecule has 1 aromatic rings. The van der Waals surface area contributed by atoms with Crippen LogP contribution in [0.4, 0.5) is 0 Å². The van der Waals surface area contributed by atoms with E-state index < -0.39 is 12.0 Å². The van der Waals surface area contributed by atoms with Crippen LogP contribution in [-0.2, 0) is 4.79 Å². The van der Waals surface area contributed by atoms with Gasteiger partial charge in [-0.3, -0.25) is 4.68 Å². The highest BCUT2D eigenvalue weighted by molar-refractivity contribution is 5.71. The second-order valence-corrected chi connectivity index (χ2v) is 5.00. The predicted molar refractivity (Wildman–Crippen MR) is 58.5 cm³/mol. The molecule has 2 aliphatic carbocycles. The molecule has 0 radical (unpaired) electrons. The first-order valence-corrected chi connectivity index (χ1v) is 5.99. The van der Waals surface area contributed by atoms with Gasteiger partial charge in [0, 0.05) is 17.5 Å². The van der Waals surface area contributed by atoms with Gasteiger partial charge in [-0.2, -0.15) is 5.10 Å². The van der Waals surface area contributed by atoms with E-state index in [2.05, 4.69) is 11.2 Å². The van der Waals surface area contributed by atoms with Gasteiger partial charge in [-0.25, -0.2) is 4.79 Å². The number of aliphatic carboxylic acids is 1. The highest BCUT2D eigenvalue weighted by Crippen LogP contribution is 2.45. The zero-order chi connectivity index (χ0) is 11.3. The van der Waals surface area contributed by atoms with Crippen LogP contribution in [0.25, 0.3) is 0 Å². The fraction of sp³-hybridized carbons (Fsp3) is 0.667. The zero-order valence-corrected chi connectivity index (χ0v) is 9.39. The Morgan fingerprint density at radius 3 is 2.56 bits per heavy atom. The molecule has 0 spiro atoms. The lowest BCUT2D eigenvalue weighted by Crippen LogP contribution is -2.18. The molecule has 0 amide bonds. The van der Waals surface area contributed by atoms with Crippen molar-refractivity contribution in [2.45, 2.75) is 50.5 Å². The lowest BCUT2D eigenvalue weighted by atomic mass is 10.2. The van der Waals surface area contributed by atoms with Gasteiger partial charge in [-0.1, -0.05) is 0 Å². The van der Waals surface area contributed by atoms with Crippen molar-refractivity contribution in [3.05, 3.63) is 17.5 Å². The molecular weight excluding hydrogens is 204 g/mol. The summed E-state index contributed by atoms with van der Waals surface area (Å²) in [5, 5.41) is 13.6. The molecule has 4 nitrogen and oxygen atoms in total. The topological polar surface area (TPSA) is 55.1 Å². The number of nitrogens with zero attached hydrogens (tertiary/aromatic N) is 2. The van der Waals surface area contributed by atoms with E-state index in [0.29, 0.717) is 11.8 Å².